The van der Waals surface area contributed by atoms with Crippen molar-refractivity contribution in [1.29, 1.82) is 0 Å². The first-order valence-electron chi connectivity index (χ1n) is 12.5. The van der Waals surface area contributed by atoms with Gasteiger partial charge in [0.25, 0.3) is 0 Å². The number of ether oxygens (including phenoxy) is 1. The Bertz CT molecular complexity index is 1440. The fraction of sp³-hybridized carbons (Fsp3) is 0.367. The van der Waals surface area contributed by atoms with Gasteiger partial charge in [0.2, 0.25) is 0 Å². The first-order chi connectivity index (χ1) is 16.9. The van der Waals surface area contributed by atoms with Crippen LogP contribution >= 0.6 is 0 Å². The van der Waals surface area contributed by atoms with E-state index in [2.05, 4.69) is 31.2 Å². The van der Waals surface area contributed by atoms with Crippen LogP contribution in [0, 0.1) is 69.7 Å². The van der Waals surface area contributed by atoms with Crippen LogP contribution in [0.25, 0.3) is 11.1 Å². The number of benzene rings is 3. The summed E-state index contributed by atoms with van der Waals surface area (Å²) in [6.45, 7) is 2.43. The molecular weight excluding hydrogens is 449 g/mol. The minimum Gasteiger partial charge on any atom is -0.423 e. The van der Waals surface area contributed by atoms with Gasteiger partial charge in [0.15, 0.2) is 17.5 Å². The normalized spacial score (nSPS) is 43.2. The Kier molecular flexibility index (Phi) is 3.01. The van der Waals surface area contributed by atoms with Crippen LogP contribution in [0.3, 0.4) is 0 Å². The van der Waals surface area contributed by atoms with Gasteiger partial charge in [-0.3, -0.25) is 0 Å². The molecule has 174 valence electrons. The van der Waals surface area contributed by atoms with Crippen molar-refractivity contribution in [2.75, 3.05) is 0 Å². The number of carbonyl (C=O) groups excluding carboxylic acids is 1. The molecule has 0 heterocycles. The van der Waals surface area contributed by atoms with Gasteiger partial charge in [0.1, 0.15) is 5.75 Å². The number of hydrogen-bond donors (Lipinski definition) is 0. The molecule has 0 aromatic heterocycles. The van der Waals surface area contributed by atoms with Gasteiger partial charge >= 0.3 is 5.97 Å². The molecule has 0 radical (unpaired) electrons. The molecule has 0 saturated heterocycles. The molecule has 2 spiro atoms. The Labute approximate surface area is 200 Å². The summed E-state index contributed by atoms with van der Waals surface area (Å²) in [4.78, 5) is 12.3. The Morgan fingerprint density at radius 2 is 1.29 bits per heavy atom. The molecule has 6 fully saturated rings. The van der Waals surface area contributed by atoms with E-state index in [1.54, 1.807) is 12.1 Å². The van der Waals surface area contributed by atoms with E-state index in [4.69, 9.17) is 4.74 Å². The van der Waals surface area contributed by atoms with E-state index in [-0.39, 0.29) is 11.3 Å². The third-order valence-electron chi connectivity index (χ3n) is 10.7. The number of halogens is 3. The first kappa shape index (κ1) is 19.1. The Balaban J connectivity index is 0.853. The number of fused-ring (bicyclic) bond motifs is 11. The lowest BCUT2D eigenvalue weighted by molar-refractivity contribution is 0.0733. The van der Waals surface area contributed by atoms with E-state index in [1.165, 1.54) is 5.56 Å². The maximum absolute atomic E-state index is 13.4. The molecule has 9 rings (SSSR count). The summed E-state index contributed by atoms with van der Waals surface area (Å²) < 4.78 is 44.8. The zero-order valence-corrected chi connectivity index (χ0v) is 18.8. The van der Waals surface area contributed by atoms with E-state index >= 15 is 0 Å². The minimum absolute atomic E-state index is 0.238. The van der Waals surface area contributed by atoms with Crippen LogP contribution in [0.1, 0.15) is 28.8 Å². The van der Waals surface area contributed by atoms with Crippen molar-refractivity contribution in [1.82, 2.24) is 0 Å². The van der Waals surface area contributed by atoms with Crippen molar-refractivity contribution in [3.63, 3.8) is 0 Å². The third kappa shape index (κ3) is 2.03. The highest BCUT2D eigenvalue weighted by molar-refractivity contribution is 5.91. The number of esters is 1. The zero-order chi connectivity index (χ0) is 23.6. The van der Waals surface area contributed by atoms with Crippen molar-refractivity contribution >= 4 is 5.97 Å². The molecule has 0 N–H and O–H groups in total. The van der Waals surface area contributed by atoms with Gasteiger partial charge in [-0.1, -0.05) is 43.3 Å². The van der Waals surface area contributed by atoms with Crippen molar-refractivity contribution in [3.8, 4) is 16.9 Å². The number of hydrogen-bond acceptors (Lipinski definition) is 2. The minimum atomic E-state index is -1.60. The quantitative estimate of drug-likeness (QED) is 0.249. The summed E-state index contributed by atoms with van der Waals surface area (Å²) in [6.07, 6.45) is 0. The molecule has 6 aliphatic rings. The zero-order valence-electron chi connectivity index (χ0n) is 18.8. The number of rotatable bonds is 4. The highest BCUT2D eigenvalue weighted by Gasteiger charge is 3.17. The van der Waals surface area contributed by atoms with Crippen LogP contribution in [0.5, 0.6) is 5.75 Å². The summed E-state index contributed by atoms with van der Waals surface area (Å²) in [5, 5.41) is 0. The molecule has 5 heteroatoms. The monoisotopic (exact) mass is 470 g/mol. The van der Waals surface area contributed by atoms with E-state index < -0.39 is 23.4 Å². The Hall–Kier alpha value is -3.08. The van der Waals surface area contributed by atoms with E-state index in [0.717, 1.165) is 69.3 Å². The van der Waals surface area contributed by atoms with Crippen LogP contribution in [0.2, 0.25) is 0 Å². The molecule has 6 aliphatic carbocycles. The summed E-state index contributed by atoms with van der Waals surface area (Å²) in [7, 11) is 0. The lowest BCUT2D eigenvalue weighted by Gasteiger charge is -2.25. The van der Waals surface area contributed by atoms with Crippen molar-refractivity contribution in [2.45, 2.75) is 12.8 Å². The van der Waals surface area contributed by atoms with Gasteiger partial charge in [-0.2, -0.15) is 0 Å². The average Bonchev–Trinajstić information content (AvgIpc) is 3.67. The fourth-order valence-electron chi connectivity index (χ4n) is 9.19. The molecule has 6 unspecified atom stereocenters. The summed E-state index contributed by atoms with van der Waals surface area (Å²) in [6, 6.07) is 16.9. The second-order valence-corrected chi connectivity index (χ2v) is 11.7. The molecular formula is C30H21F3O2. The topological polar surface area (TPSA) is 26.3 Å². The van der Waals surface area contributed by atoms with Gasteiger partial charge in [0.05, 0.1) is 5.56 Å². The van der Waals surface area contributed by atoms with E-state index in [9.17, 15) is 18.0 Å². The van der Waals surface area contributed by atoms with Crippen molar-refractivity contribution in [3.05, 3.63) is 89.2 Å². The predicted octanol–water partition coefficient (Wildman–Crippen LogP) is 6.46. The predicted molar refractivity (Wildman–Crippen MR) is 121 cm³/mol. The molecule has 0 bridgehead atoms. The molecule has 0 aliphatic heterocycles. The Morgan fingerprint density at radius 1 is 0.771 bits per heavy atom. The van der Waals surface area contributed by atoms with Gasteiger partial charge in [-0.25, -0.2) is 18.0 Å². The molecule has 2 nitrogen and oxygen atoms in total. The molecule has 6 atom stereocenters. The summed E-state index contributed by atoms with van der Waals surface area (Å²) in [5.41, 5.74) is 5.44. The average molecular weight is 470 g/mol. The smallest absolute Gasteiger partial charge is 0.343 e. The van der Waals surface area contributed by atoms with Gasteiger partial charge in [-0.05, 0) is 87.0 Å². The van der Waals surface area contributed by atoms with Crippen LogP contribution < -0.4 is 4.74 Å². The van der Waals surface area contributed by atoms with Crippen molar-refractivity contribution < 1.29 is 22.7 Å². The Morgan fingerprint density at radius 3 is 1.83 bits per heavy atom. The number of carbonyl (C=O) groups is 1. The van der Waals surface area contributed by atoms with Gasteiger partial charge in [0, 0.05) is 12.1 Å². The fourth-order valence-corrected chi connectivity index (χ4v) is 9.19. The van der Waals surface area contributed by atoms with Crippen LogP contribution in [0.4, 0.5) is 13.2 Å². The van der Waals surface area contributed by atoms with Gasteiger partial charge < -0.3 is 4.74 Å². The van der Waals surface area contributed by atoms with E-state index in [1.807, 2.05) is 12.1 Å². The summed E-state index contributed by atoms with van der Waals surface area (Å²) >= 11 is 0. The maximum Gasteiger partial charge on any atom is 0.343 e. The standard InChI is InChI=1S/C30H21F3O2/c1-12-21-22(12)29(21)26-27(29)30(26)23-20(24(23)30)15-6-2-13(3-7-15)14-4-8-16(9-5-14)28(34)35-17-10-18(31)25(33)19(32)11-17/h2-12,20-24,26-27H,1H3. The molecule has 35 heavy (non-hydrogen) atoms. The largest absolute Gasteiger partial charge is 0.423 e. The third-order valence-corrected chi connectivity index (χ3v) is 10.7. The van der Waals surface area contributed by atoms with Crippen LogP contribution in [0.15, 0.2) is 60.7 Å². The first-order valence-corrected chi connectivity index (χ1v) is 12.5. The SMILES string of the molecule is CC1C2C1C21C2C1C21C2C(c3ccc(-c4ccc(C(=O)Oc5cc(F)c(F)c(F)c5)cc4)cc3)C21. The van der Waals surface area contributed by atoms with E-state index in [0.29, 0.717) is 12.1 Å². The van der Waals surface area contributed by atoms with Crippen molar-refractivity contribution in [2.24, 2.45) is 52.3 Å². The maximum atomic E-state index is 13.4. The van der Waals surface area contributed by atoms with Gasteiger partial charge in [-0.15, -0.1) is 0 Å². The molecule has 3 aromatic carbocycles. The lowest BCUT2D eigenvalue weighted by atomic mass is 9.78. The molecule has 3 aromatic rings. The second-order valence-electron chi connectivity index (χ2n) is 11.7. The second kappa shape index (κ2) is 5.50. The highest BCUT2D eigenvalue weighted by Crippen LogP contribution is 3.20. The van der Waals surface area contributed by atoms with Crippen LogP contribution in [-0.2, 0) is 0 Å². The highest BCUT2D eigenvalue weighted by atomic mass is 19.2. The summed E-state index contributed by atoms with van der Waals surface area (Å²) in [5.74, 6) is 2.71. The molecule has 6 saturated carbocycles. The van der Waals surface area contributed by atoms with Crippen LogP contribution in [-0.4, -0.2) is 5.97 Å². The molecule has 0 amide bonds. The lowest BCUT2D eigenvalue weighted by Crippen LogP contribution is -2.21.